The first-order valence-corrected chi connectivity index (χ1v) is 4.66. The van der Waals surface area contributed by atoms with Crippen LogP contribution in [0.5, 0.6) is 0 Å². The summed E-state index contributed by atoms with van der Waals surface area (Å²) in [6.45, 7) is 3.87. The van der Waals surface area contributed by atoms with Crippen LogP contribution in [0.15, 0.2) is 4.42 Å². The van der Waals surface area contributed by atoms with Crippen molar-refractivity contribution < 1.29 is 4.42 Å². The van der Waals surface area contributed by atoms with Crippen LogP contribution in [0, 0.1) is 13.8 Å². The lowest BCUT2D eigenvalue weighted by molar-refractivity contribution is 0.510. The van der Waals surface area contributed by atoms with Gasteiger partial charge in [-0.2, -0.15) is 5.10 Å². The first-order chi connectivity index (χ1) is 7.69. The van der Waals surface area contributed by atoms with Crippen molar-refractivity contribution in [3.8, 4) is 0 Å². The predicted molar refractivity (Wildman–Crippen MR) is 54.8 cm³/mol. The van der Waals surface area contributed by atoms with Crippen LogP contribution >= 0.6 is 0 Å². The third-order valence-corrected chi connectivity index (χ3v) is 1.95. The van der Waals surface area contributed by atoms with Gasteiger partial charge >= 0.3 is 6.01 Å². The third kappa shape index (κ3) is 2.11. The highest BCUT2D eigenvalue weighted by molar-refractivity contribution is 5.38. The number of anilines is 2. The van der Waals surface area contributed by atoms with Crippen molar-refractivity contribution in [2.75, 3.05) is 5.32 Å². The summed E-state index contributed by atoms with van der Waals surface area (Å²) in [6.07, 6.45) is 0. The van der Waals surface area contributed by atoms with Gasteiger partial charge in [-0.05, 0) is 13.8 Å². The monoisotopic (exact) mass is 221 g/mol. The minimum absolute atomic E-state index is 0.195. The van der Waals surface area contributed by atoms with Crippen LogP contribution in [-0.4, -0.2) is 25.4 Å². The van der Waals surface area contributed by atoms with Crippen molar-refractivity contribution in [2.45, 2.75) is 20.4 Å². The second-order valence-electron chi connectivity index (χ2n) is 3.14. The molecule has 16 heavy (non-hydrogen) atoms. The quantitative estimate of drug-likeness (QED) is 0.748. The summed E-state index contributed by atoms with van der Waals surface area (Å²) in [5, 5.41) is 17.9. The smallest absolute Gasteiger partial charge is 0.322 e. The molecule has 0 aliphatic heterocycles. The summed E-state index contributed by atoms with van der Waals surface area (Å²) < 4.78 is 5.14. The Morgan fingerprint density at radius 2 is 1.94 bits per heavy atom. The van der Waals surface area contributed by atoms with Crippen molar-refractivity contribution in [3.05, 3.63) is 17.3 Å². The van der Waals surface area contributed by atoms with Crippen molar-refractivity contribution in [1.29, 1.82) is 0 Å². The highest BCUT2D eigenvalue weighted by Gasteiger charge is 2.07. The number of hydrogen-bond acceptors (Lipinski definition) is 8. The van der Waals surface area contributed by atoms with E-state index in [2.05, 4.69) is 30.7 Å². The highest BCUT2D eigenvalue weighted by atomic mass is 16.4. The van der Waals surface area contributed by atoms with E-state index in [1.807, 2.05) is 13.8 Å². The molecule has 0 atom stereocenters. The van der Waals surface area contributed by atoms with E-state index in [-0.39, 0.29) is 12.6 Å². The van der Waals surface area contributed by atoms with Crippen molar-refractivity contribution in [2.24, 2.45) is 5.73 Å². The molecule has 0 radical (unpaired) electrons. The number of rotatable bonds is 3. The van der Waals surface area contributed by atoms with Crippen LogP contribution in [-0.2, 0) is 6.54 Å². The molecule has 3 N–H and O–H groups in total. The van der Waals surface area contributed by atoms with Gasteiger partial charge in [0.05, 0.1) is 17.9 Å². The van der Waals surface area contributed by atoms with Crippen LogP contribution in [0.2, 0.25) is 0 Å². The summed E-state index contributed by atoms with van der Waals surface area (Å²) in [6, 6.07) is 0.200. The van der Waals surface area contributed by atoms with E-state index in [4.69, 9.17) is 10.2 Å². The molecule has 8 heteroatoms. The summed E-state index contributed by atoms with van der Waals surface area (Å²) in [7, 11) is 0. The van der Waals surface area contributed by atoms with Crippen molar-refractivity contribution in [1.82, 2.24) is 25.4 Å². The molecule has 0 unspecified atom stereocenters. The van der Waals surface area contributed by atoms with E-state index in [9.17, 15) is 0 Å². The first kappa shape index (κ1) is 10.4. The molecule has 0 amide bonds. The summed E-state index contributed by atoms with van der Waals surface area (Å²) in [4.78, 5) is 4.16. The van der Waals surface area contributed by atoms with Gasteiger partial charge in [-0.3, -0.25) is 5.32 Å². The average Bonchev–Trinajstić information content (AvgIpc) is 2.71. The lowest BCUT2D eigenvalue weighted by atomic mass is 10.4. The predicted octanol–water partition coefficient (Wildman–Crippen LogP) is 0.0737. The molecule has 0 aliphatic carbocycles. The number of aryl methyl sites for hydroxylation is 2. The van der Waals surface area contributed by atoms with E-state index < -0.39 is 0 Å². The van der Waals surface area contributed by atoms with Gasteiger partial charge in [-0.15, -0.1) is 10.2 Å². The molecule has 0 aromatic carbocycles. The number of nitrogens with one attached hydrogen (secondary N) is 1. The summed E-state index contributed by atoms with van der Waals surface area (Å²) >= 11 is 0. The topological polar surface area (TPSA) is 116 Å². The second kappa shape index (κ2) is 4.19. The van der Waals surface area contributed by atoms with Crippen LogP contribution in [0.25, 0.3) is 0 Å². The Morgan fingerprint density at radius 1 is 1.12 bits per heavy atom. The Morgan fingerprint density at radius 3 is 2.56 bits per heavy atom. The Kier molecular flexibility index (Phi) is 2.73. The van der Waals surface area contributed by atoms with Gasteiger partial charge in [-0.25, -0.2) is 4.98 Å². The molecule has 8 nitrogen and oxygen atoms in total. The molecular formula is C8H11N7O. The lowest BCUT2D eigenvalue weighted by Gasteiger charge is -2.00. The zero-order valence-electron chi connectivity index (χ0n) is 8.93. The molecule has 0 bridgehead atoms. The Balaban J connectivity index is 2.17. The van der Waals surface area contributed by atoms with Crippen LogP contribution in [0.3, 0.4) is 0 Å². The normalized spacial score (nSPS) is 10.4. The van der Waals surface area contributed by atoms with Gasteiger partial charge in [0.25, 0.3) is 5.95 Å². The van der Waals surface area contributed by atoms with Crippen molar-refractivity contribution >= 4 is 12.0 Å². The molecule has 2 aromatic heterocycles. The first-order valence-electron chi connectivity index (χ1n) is 4.66. The molecule has 2 rings (SSSR count). The lowest BCUT2D eigenvalue weighted by Crippen LogP contribution is -2.02. The average molecular weight is 221 g/mol. The number of nitrogens with two attached hydrogens (primary N) is 1. The summed E-state index contributed by atoms with van der Waals surface area (Å²) in [5.74, 6) is 0.662. The molecule has 0 fully saturated rings. The maximum atomic E-state index is 5.33. The maximum Gasteiger partial charge on any atom is 0.322 e. The second-order valence-corrected chi connectivity index (χ2v) is 3.14. The number of nitrogens with zero attached hydrogens (tertiary/aromatic N) is 5. The molecule has 0 aliphatic rings. The van der Waals surface area contributed by atoms with E-state index >= 15 is 0 Å². The number of hydrogen-bond donors (Lipinski definition) is 2. The SMILES string of the molecule is Cc1nnc(Nc2nnc(CN)o2)nc1C. The zero-order chi connectivity index (χ0) is 11.5. The fourth-order valence-corrected chi connectivity index (χ4v) is 0.992. The Hall–Kier alpha value is -2.09. The van der Waals surface area contributed by atoms with E-state index in [1.54, 1.807) is 0 Å². The maximum absolute atomic E-state index is 5.33. The fraction of sp³-hybridized carbons (Fsp3) is 0.375. The van der Waals surface area contributed by atoms with E-state index in [1.165, 1.54) is 0 Å². The van der Waals surface area contributed by atoms with Gasteiger partial charge in [-0.1, -0.05) is 5.10 Å². The van der Waals surface area contributed by atoms with Gasteiger partial charge < -0.3 is 10.2 Å². The van der Waals surface area contributed by atoms with Crippen LogP contribution in [0.1, 0.15) is 17.3 Å². The Labute approximate surface area is 91.3 Å². The molecule has 84 valence electrons. The zero-order valence-corrected chi connectivity index (χ0v) is 8.93. The van der Waals surface area contributed by atoms with Gasteiger partial charge in [0.2, 0.25) is 5.89 Å². The molecule has 0 saturated carbocycles. The van der Waals surface area contributed by atoms with Gasteiger partial charge in [0, 0.05) is 0 Å². The van der Waals surface area contributed by atoms with E-state index in [0.717, 1.165) is 11.4 Å². The number of aromatic nitrogens is 5. The third-order valence-electron chi connectivity index (χ3n) is 1.95. The van der Waals surface area contributed by atoms with Gasteiger partial charge in [0.1, 0.15) is 0 Å². The molecular weight excluding hydrogens is 210 g/mol. The van der Waals surface area contributed by atoms with Crippen LogP contribution < -0.4 is 11.1 Å². The van der Waals surface area contributed by atoms with Crippen LogP contribution in [0.4, 0.5) is 12.0 Å². The highest BCUT2D eigenvalue weighted by Crippen LogP contribution is 2.10. The minimum Gasteiger partial charge on any atom is -0.406 e. The van der Waals surface area contributed by atoms with Crippen molar-refractivity contribution in [3.63, 3.8) is 0 Å². The standard InChI is InChI=1S/C8H11N7O/c1-4-5(2)12-14-7(10-4)11-8-15-13-6(3-9)16-8/h3,9H2,1-2H3,(H,10,11,14,15). The Bertz CT molecular complexity index is 495. The largest absolute Gasteiger partial charge is 0.406 e. The molecule has 0 saturated heterocycles. The van der Waals surface area contributed by atoms with E-state index in [0.29, 0.717) is 11.8 Å². The molecule has 2 heterocycles. The molecule has 2 aromatic rings. The summed E-state index contributed by atoms with van der Waals surface area (Å²) in [5.41, 5.74) is 6.90. The molecule has 0 spiro atoms. The van der Waals surface area contributed by atoms with Gasteiger partial charge in [0.15, 0.2) is 0 Å². The minimum atomic E-state index is 0.195. The fourth-order valence-electron chi connectivity index (χ4n) is 0.992.